The number of nitrogens with one attached hydrogen (secondary N) is 1. The first kappa shape index (κ1) is 19.7. The van der Waals surface area contributed by atoms with E-state index in [2.05, 4.69) is 23.2 Å². The van der Waals surface area contributed by atoms with Gasteiger partial charge >= 0.3 is 0 Å². The lowest BCUT2D eigenvalue weighted by Crippen LogP contribution is -2.24. The molecule has 1 aromatic carbocycles. The van der Waals surface area contributed by atoms with Gasteiger partial charge in [-0.1, -0.05) is 19.4 Å². The molecule has 142 valence electrons. The highest BCUT2D eigenvalue weighted by atomic mass is 32.1. The average Bonchev–Trinajstić information content (AvgIpc) is 3.13. The molecule has 0 radical (unpaired) electrons. The molecule has 1 aliphatic heterocycles. The minimum atomic E-state index is -0.284. The molecule has 2 heterocycles. The number of hydrogen-bond acceptors (Lipinski definition) is 5. The van der Waals surface area contributed by atoms with Crippen LogP contribution in [0.25, 0.3) is 10.4 Å². The maximum Gasteiger partial charge on any atom is 0.195 e. The van der Waals surface area contributed by atoms with Crippen LogP contribution in [0.15, 0.2) is 40.7 Å². The van der Waals surface area contributed by atoms with E-state index in [0.717, 1.165) is 46.1 Å². The van der Waals surface area contributed by atoms with E-state index in [1.165, 1.54) is 0 Å². The Morgan fingerprint density at radius 1 is 1.39 bits per heavy atom. The van der Waals surface area contributed by atoms with E-state index in [4.69, 9.17) is 16.3 Å². The Labute approximate surface area is 169 Å². The molecule has 0 saturated carbocycles. The van der Waals surface area contributed by atoms with Crippen LogP contribution in [0.5, 0.6) is 5.75 Å². The summed E-state index contributed by atoms with van der Waals surface area (Å²) in [4.78, 5) is 8.60. The first-order valence-electron chi connectivity index (χ1n) is 9.12. The van der Waals surface area contributed by atoms with E-state index in [1.807, 2.05) is 25.3 Å². The number of allylic oxidation sites excluding steroid dienone is 3. The van der Waals surface area contributed by atoms with Crippen LogP contribution in [0.4, 0.5) is 0 Å². The number of thiazole rings is 1. The van der Waals surface area contributed by atoms with E-state index in [-0.39, 0.29) is 5.92 Å². The molecule has 1 aromatic heterocycles. The maximum atomic E-state index is 9.25. The van der Waals surface area contributed by atoms with E-state index in [0.29, 0.717) is 17.0 Å². The molecule has 1 N–H and O–H groups in total. The van der Waals surface area contributed by atoms with Gasteiger partial charge in [0.25, 0.3) is 0 Å². The zero-order valence-electron chi connectivity index (χ0n) is 16.5. The summed E-state index contributed by atoms with van der Waals surface area (Å²) >= 11 is 1.59. The molecule has 0 bridgehead atoms. The fourth-order valence-corrected chi connectivity index (χ4v) is 4.43. The van der Waals surface area contributed by atoms with Gasteiger partial charge in [0.1, 0.15) is 10.8 Å². The maximum absolute atomic E-state index is 9.25. The minimum Gasteiger partial charge on any atom is -0.496 e. The summed E-state index contributed by atoms with van der Waals surface area (Å²) in [5, 5.41) is 15.7. The molecule has 1 aliphatic rings. The van der Waals surface area contributed by atoms with E-state index < -0.39 is 0 Å². The summed E-state index contributed by atoms with van der Waals surface area (Å²) in [6, 6.07) is 7.57. The Bertz CT molecular complexity index is 1050. The number of nitriles is 1. The van der Waals surface area contributed by atoms with Crippen LogP contribution in [0, 0.1) is 24.8 Å². The number of rotatable bonds is 5. The fourth-order valence-electron chi connectivity index (χ4n) is 3.53. The molecular formula is C22H22N4OS. The van der Waals surface area contributed by atoms with Crippen molar-refractivity contribution in [3.63, 3.8) is 0 Å². The van der Waals surface area contributed by atoms with Crippen LogP contribution in [-0.4, -0.2) is 12.1 Å². The van der Waals surface area contributed by atoms with Crippen molar-refractivity contribution in [1.29, 1.82) is 5.26 Å². The van der Waals surface area contributed by atoms with Gasteiger partial charge in [-0.25, -0.2) is 9.83 Å². The monoisotopic (exact) mass is 390 g/mol. The van der Waals surface area contributed by atoms with E-state index in [9.17, 15) is 5.26 Å². The predicted octanol–water partition coefficient (Wildman–Crippen LogP) is 5.38. The summed E-state index contributed by atoms with van der Waals surface area (Å²) in [5.74, 6) is 0.329. The molecular weight excluding hydrogens is 368 g/mol. The van der Waals surface area contributed by atoms with Gasteiger partial charge in [0.2, 0.25) is 0 Å². The fraction of sp³-hybridized carbons (Fsp3) is 0.318. The van der Waals surface area contributed by atoms with Crippen LogP contribution in [0.1, 0.15) is 54.4 Å². The molecule has 0 aliphatic carbocycles. The number of hydrogen-bond donors (Lipinski definition) is 1. The van der Waals surface area contributed by atoms with E-state index in [1.54, 1.807) is 30.6 Å². The molecule has 0 fully saturated rings. The van der Waals surface area contributed by atoms with Gasteiger partial charge < -0.3 is 10.1 Å². The Morgan fingerprint density at radius 3 is 2.75 bits per heavy atom. The van der Waals surface area contributed by atoms with Crippen molar-refractivity contribution in [2.24, 2.45) is 0 Å². The van der Waals surface area contributed by atoms with Crippen LogP contribution < -0.4 is 10.1 Å². The molecule has 0 spiro atoms. The number of benzene rings is 1. The Morgan fingerprint density at radius 2 is 2.18 bits per heavy atom. The van der Waals surface area contributed by atoms with Crippen molar-refractivity contribution in [3.05, 3.63) is 73.9 Å². The minimum absolute atomic E-state index is 0.284. The van der Waals surface area contributed by atoms with Crippen molar-refractivity contribution < 1.29 is 4.74 Å². The molecule has 1 atom stereocenters. The van der Waals surface area contributed by atoms with Gasteiger partial charge in [-0.15, -0.1) is 11.3 Å². The zero-order valence-corrected chi connectivity index (χ0v) is 17.3. The molecule has 5 nitrogen and oxygen atoms in total. The largest absolute Gasteiger partial charge is 0.496 e. The zero-order chi connectivity index (χ0) is 20.3. The van der Waals surface area contributed by atoms with Crippen LogP contribution in [0.3, 0.4) is 0 Å². The van der Waals surface area contributed by atoms with Gasteiger partial charge in [0.15, 0.2) is 5.70 Å². The lowest BCUT2D eigenvalue weighted by atomic mass is 9.82. The highest BCUT2D eigenvalue weighted by molar-refractivity contribution is 7.10. The molecule has 0 amide bonds. The lowest BCUT2D eigenvalue weighted by molar-refractivity contribution is 0.409. The summed E-state index contributed by atoms with van der Waals surface area (Å²) in [5.41, 5.74) is 5.98. The summed E-state index contributed by atoms with van der Waals surface area (Å²) < 4.78 is 5.62. The third-order valence-corrected chi connectivity index (χ3v) is 5.75. The lowest BCUT2D eigenvalue weighted by Gasteiger charge is -2.31. The molecule has 1 unspecified atom stereocenters. The molecule has 2 aromatic rings. The molecule has 0 saturated heterocycles. The SMILES string of the molecule is [C-]#[N+]C1=C(C)NC(CCC)=C(c2nc(C)cs2)C1c1ccc(C#N)cc1OC. The summed E-state index contributed by atoms with van der Waals surface area (Å²) in [6.45, 7) is 13.9. The highest BCUT2D eigenvalue weighted by Gasteiger charge is 2.34. The quantitative estimate of drug-likeness (QED) is 0.696. The summed E-state index contributed by atoms with van der Waals surface area (Å²) in [7, 11) is 1.60. The smallest absolute Gasteiger partial charge is 0.195 e. The number of aromatic nitrogens is 1. The molecule has 28 heavy (non-hydrogen) atoms. The van der Waals surface area contributed by atoms with Gasteiger partial charge in [0, 0.05) is 28.0 Å². The highest BCUT2D eigenvalue weighted by Crippen LogP contribution is 2.48. The first-order chi connectivity index (χ1) is 13.5. The Hall–Kier alpha value is -3.09. The van der Waals surface area contributed by atoms with Crippen molar-refractivity contribution >= 4 is 16.9 Å². The second-order valence-electron chi connectivity index (χ2n) is 6.68. The average molecular weight is 391 g/mol. The number of nitrogens with zero attached hydrogens (tertiary/aromatic N) is 3. The first-order valence-corrected chi connectivity index (χ1v) is 10.0. The third kappa shape index (κ3) is 3.52. The Kier molecular flexibility index (Phi) is 5.82. The van der Waals surface area contributed by atoms with Crippen LogP contribution >= 0.6 is 11.3 Å². The van der Waals surface area contributed by atoms with Gasteiger partial charge in [-0.3, -0.25) is 0 Å². The number of methoxy groups -OCH3 is 1. The third-order valence-electron chi connectivity index (χ3n) is 4.75. The van der Waals surface area contributed by atoms with Gasteiger partial charge in [-0.05, 0) is 38.0 Å². The molecule has 6 heteroatoms. The second-order valence-corrected chi connectivity index (χ2v) is 7.54. The van der Waals surface area contributed by atoms with Crippen molar-refractivity contribution in [3.8, 4) is 11.8 Å². The number of ether oxygens (including phenoxy) is 1. The topological polar surface area (TPSA) is 62.3 Å². The normalized spacial score (nSPS) is 16.4. The second kappa shape index (κ2) is 8.29. The van der Waals surface area contributed by atoms with Crippen LogP contribution in [0.2, 0.25) is 0 Å². The predicted molar refractivity (Wildman–Crippen MR) is 112 cm³/mol. The Balaban J connectivity index is 2.30. The van der Waals surface area contributed by atoms with Crippen molar-refractivity contribution in [2.75, 3.05) is 7.11 Å². The van der Waals surface area contributed by atoms with Crippen molar-refractivity contribution in [2.45, 2.75) is 39.5 Å². The van der Waals surface area contributed by atoms with Gasteiger partial charge in [0.05, 0.1) is 31.2 Å². The number of aryl methyl sites for hydroxylation is 1. The van der Waals surface area contributed by atoms with E-state index >= 15 is 0 Å². The van der Waals surface area contributed by atoms with Crippen molar-refractivity contribution in [1.82, 2.24) is 10.3 Å². The summed E-state index contributed by atoms with van der Waals surface area (Å²) in [6.07, 6.45) is 1.85. The standard InChI is InChI=1S/C22H22N4OS/c1-6-7-17-20(22-25-13(2)12-28-22)19(21(24-4)14(3)26-17)16-9-8-15(11-23)10-18(16)27-5/h8-10,12,19,26H,6-7H2,1-3,5H3. The van der Waals surface area contributed by atoms with Crippen LogP contribution in [-0.2, 0) is 0 Å². The number of dihydropyridines is 1. The molecule has 3 rings (SSSR count). The van der Waals surface area contributed by atoms with Gasteiger partial charge in [-0.2, -0.15) is 5.26 Å².